The highest BCUT2D eigenvalue weighted by Gasteiger charge is 2.31. The Labute approximate surface area is 275 Å². The Bertz CT molecular complexity index is 1890. The first-order chi connectivity index (χ1) is 22.4. The summed E-state index contributed by atoms with van der Waals surface area (Å²) >= 11 is 1.46. The first-order valence-electron chi connectivity index (χ1n) is 15.4. The molecule has 3 aromatic carbocycles. The molecule has 0 saturated carbocycles. The summed E-state index contributed by atoms with van der Waals surface area (Å²) in [7, 11) is 0. The third-order valence-corrected chi connectivity index (χ3v) is 8.58. The van der Waals surface area contributed by atoms with Gasteiger partial charge in [0.2, 0.25) is 0 Å². The van der Waals surface area contributed by atoms with Crippen LogP contribution in [0.15, 0.2) is 83.4 Å². The van der Waals surface area contributed by atoms with Gasteiger partial charge < -0.3 is 10.1 Å². The molecule has 0 aliphatic rings. The highest BCUT2D eigenvalue weighted by Crippen LogP contribution is 2.26. The number of thiazole rings is 1. The van der Waals surface area contributed by atoms with Gasteiger partial charge in [-0.1, -0.05) is 50.2 Å². The van der Waals surface area contributed by atoms with Crippen LogP contribution in [0.4, 0.5) is 18.0 Å². The number of aryl methyl sites for hydroxylation is 3. The van der Waals surface area contributed by atoms with Gasteiger partial charge in [0.05, 0.1) is 11.4 Å². The summed E-state index contributed by atoms with van der Waals surface area (Å²) in [5.41, 5.74) is 6.97. The minimum absolute atomic E-state index is 0.0486. The van der Waals surface area contributed by atoms with Crippen molar-refractivity contribution in [3.63, 3.8) is 0 Å². The number of amides is 2. The molecule has 1 unspecified atom stereocenters. The van der Waals surface area contributed by atoms with Gasteiger partial charge in [-0.3, -0.25) is 4.57 Å². The lowest BCUT2D eigenvalue weighted by molar-refractivity contribution is -0.274. The first-order valence-corrected chi connectivity index (χ1v) is 16.2. The van der Waals surface area contributed by atoms with E-state index in [-0.39, 0.29) is 17.8 Å². The molecular formula is C35H37F3N6O2S. The Morgan fingerprint density at radius 1 is 1.02 bits per heavy atom. The van der Waals surface area contributed by atoms with E-state index in [0.717, 1.165) is 47.3 Å². The molecule has 2 aromatic heterocycles. The highest BCUT2D eigenvalue weighted by atomic mass is 32.1. The number of halogens is 3. The molecule has 0 spiro atoms. The number of urea groups is 1. The minimum Gasteiger partial charge on any atom is -0.406 e. The van der Waals surface area contributed by atoms with Gasteiger partial charge in [-0.05, 0) is 93.0 Å². The molecular weight excluding hydrogens is 625 g/mol. The van der Waals surface area contributed by atoms with Crippen LogP contribution in [0.3, 0.4) is 0 Å². The second-order valence-electron chi connectivity index (χ2n) is 11.8. The van der Waals surface area contributed by atoms with E-state index in [4.69, 9.17) is 0 Å². The van der Waals surface area contributed by atoms with E-state index in [2.05, 4.69) is 68.7 Å². The van der Waals surface area contributed by atoms with Crippen LogP contribution in [0.1, 0.15) is 61.9 Å². The number of carbonyl (C=O) groups excluding carboxylic acids is 1. The summed E-state index contributed by atoms with van der Waals surface area (Å²) in [6.45, 7) is 10.4. The van der Waals surface area contributed by atoms with Crippen molar-refractivity contribution in [1.82, 2.24) is 24.6 Å². The summed E-state index contributed by atoms with van der Waals surface area (Å²) in [5, 5.41) is 9.50. The maximum absolute atomic E-state index is 12.9. The van der Waals surface area contributed by atoms with Crippen LogP contribution < -0.4 is 14.9 Å². The number of nitrogens with zero attached hydrogens (tertiary/aromatic N) is 5. The molecule has 47 heavy (non-hydrogen) atoms. The van der Waals surface area contributed by atoms with E-state index < -0.39 is 6.36 Å². The summed E-state index contributed by atoms with van der Waals surface area (Å²) in [5.74, 6) is 0.525. The topological polar surface area (TPSA) is 86.3 Å². The van der Waals surface area contributed by atoms with Gasteiger partial charge in [0.25, 0.3) is 0 Å². The maximum Gasteiger partial charge on any atom is 0.573 e. The number of ether oxygens (including phenoxy) is 1. The Balaban J connectivity index is 1.15. The standard InChI is InChI=1S/C35H37F3N6O2S/c1-22(2)30-18-9-23(3)19-31(30)44-25(5)20-47-34(44)41-33(45)40-24(4)7-6-8-26-10-12-27(13-11-26)32-39-21-43(42-32)28-14-16-29(17-15-28)46-35(36,37)38/h9-22,24H,6-8H2,1-5H3,(H,40,45)/b41-34-. The normalized spacial score (nSPS) is 12.8. The fourth-order valence-electron chi connectivity index (χ4n) is 5.25. The average molecular weight is 663 g/mol. The highest BCUT2D eigenvalue weighted by molar-refractivity contribution is 7.07. The number of benzene rings is 3. The van der Waals surface area contributed by atoms with E-state index in [0.29, 0.717) is 22.2 Å². The molecule has 0 fully saturated rings. The average Bonchev–Trinajstić information content (AvgIpc) is 3.64. The quantitative estimate of drug-likeness (QED) is 0.163. The molecule has 1 atom stereocenters. The summed E-state index contributed by atoms with van der Waals surface area (Å²) < 4.78 is 44.8. The van der Waals surface area contributed by atoms with Crippen molar-refractivity contribution in [3.05, 3.63) is 106 Å². The molecule has 2 heterocycles. The van der Waals surface area contributed by atoms with Crippen molar-refractivity contribution in [2.75, 3.05) is 0 Å². The molecule has 0 aliphatic carbocycles. The number of aromatic nitrogens is 4. The minimum atomic E-state index is -4.74. The molecule has 0 saturated heterocycles. The largest absolute Gasteiger partial charge is 0.573 e. The first kappa shape index (κ1) is 33.6. The van der Waals surface area contributed by atoms with Gasteiger partial charge in [-0.25, -0.2) is 14.5 Å². The SMILES string of the molecule is Cc1ccc(C(C)C)c(-n2c(C)cs/c2=N\C(=O)NC(C)CCCc2ccc(-c3ncn(-c4ccc(OC(F)(F)F)cc4)n3)cc2)c1. The van der Waals surface area contributed by atoms with Gasteiger partial charge in [0.1, 0.15) is 12.1 Å². The summed E-state index contributed by atoms with van der Waals surface area (Å²) in [4.78, 5) is 22.4. The van der Waals surface area contributed by atoms with Gasteiger partial charge in [0.15, 0.2) is 10.6 Å². The Morgan fingerprint density at radius 3 is 2.43 bits per heavy atom. The Kier molecular flexibility index (Phi) is 10.3. The van der Waals surface area contributed by atoms with Crippen molar-refractivity contribution < 1.29 is 22.7 Å². The summed E-state index contributed by atoms with van der Waals surface area (Å²) in [6, 6.07) is 19.3. The molecule has 0 aliphatic heterocycles. The number of carbonyl (C=O) groups is 1. The fraction of sp³-hybridized carbons (Fsp3) is 0.314. The lowest BCUT2D eigenvalue weighted by Gasteiger charge is -2.16. The van der Waals surface area contributed by atoms with Gasteiger partial charge in [0, 0.05) is 22.7 Å². The van der Waals surface area contributed by atoms with E-state index >= 15 is 0 Å². The molecule has 246 valence electrons. The second kappa shape index (κ2) is 14.4. The van der Waals surface area contributed by atoms with E-state index in [1.807, 2.05) is 43.5 Å². The molecule has 2 amide bonds. The van der Waals surface area contributed by atoms with Crippen LogP contribution in [-0.2, 0) is 6.42 Å². The van der Waals surface area contributed by atoms with Crippen molar-refractivity contribution in [2.45, 2.75) is 72.2 Å². The van der Waals surface area contributed by atoms with Crippen LogP contribution in [0.2, 0.25) is 0 Å². The zero-order valence-electron chi connectivity index (χ0n) is 26.9. The summed E-state index contributed by atoms with van der Waals surface area (Å²) in [6.07, 6.45) is -0.731. The fourth-order valence-corrected chi connectivity index (χ4v) is 6.12. The molecule has 0 bridgehead atoms. The molecule has 0 radical (unpaired) electrons. The molecule has 5 aromatic rings. The number of hydrogen-bond acceptors (Lipinski definition) is 5. The van der Waals surface area contributed by atoms with Gasteiger partial charge >= 0.3 is 12.4 Å². The van der Waals surface area contributed by atoms with Gasteiger partial charge in [-0.2, -0.15) is 4.99 Å². The zero-order valence-corrected chi connectivity index (χ0v) is 27.7. The van der Waals surface area contributed by atoms with E-state index in [9.17, 15) is 18.0 Å². The lowest BCUT2D eigenvalue weighted by atomic mass is 9.99. The predicted octanol–water partition coefficient (Wildman–Crippen LogP) is 8.45. The van der Waals surface area contributed by atoms with Crippen LogP contribution in [-0.4, -0.2) is 37.8 Å². The third-order valence-electron chi connectivity index (χ3n) is 7.64. The smallest absolute Gasteiger partial charge is 0.406 e. The third kappa shape index (κ3) is 8.76. The monoisotopic (exact) mass is 662 g/mol. The van der Waals surface area contributed by atoms with E-state index in [1.54, 1.807) is 0 Å². The molecule has 8 nitrogen and oxygen atoms in total. The van der Waals surface area contributed by atoms with Crippen molar-refractivity contribution in [3.8, 4) is 28.5 Å². The number of rotatable bonds is 10. The predicted molar refractivity (Wildman–Crippen MR) is 177 cm³/mol. The van der Waals surface area contributed by atoms with Crippen LogP contribution in [0.25, 0.3) is 22.8 Å². The number of alkyl halides is 3. The Hall–Kier alpha value is -4.71. The lowest BCUT2D eigenvalue weighted by Crippen LogP contribution is -2.32. The van der Waals surface area contributed by atoms with Crippen molar-refractivity contribution in [2.24, 2.45) is 4.99 Å². The number of nitrogens with one attached hydrogen (secondary N) is 1. The molecule has 12 heteroatoms. The molecule has 5 rings (SSSR count). The van der Waals surface area contributed by atoms with Crippen molar-refractivity contribution in [1.29, 1.82) is 0 Å². The van der Waals surface area contributed by atoms with Crippen LogP contribution in [0, 0.1) is 13.8 Å². The van der Waals surface area contributed by atoms with E-state index in [1.165, 1.54) is 52.2 Å². The van der Waals surface area contributed by atoms with Crippen LogP contribution >= 0.6 is 11.3 Å². The second-order valence-corrected chi connectivity index (χ2v) is 12.7. The molecule has 1 N–H and O–H groups in total. The van der Waals surface area contributed by atoms with Crippen LogP contribution in [0.5, 0.6) is 5.75 Å². The van der Waals surface area contributed by atoms with Crippen molar-refractivity contribution >= 4 is 17.4 Å². The Morgan fingerprint density at radius 2 is 1.74 bits per heavy atom. The maximum atomic E-state index is 12.9. The number of hydrogen-bond donors (Lipinski definition) is 1. The zero-order chi connectivity index (χ0) is 33.7. The van der Waals surface area contributed by atoms with Gasteiger partial charge in [-0.15, -0.1) is 29.6 Å².